The van der Waals surface area contributed by atoms with Crippen molar-refractivity contribution in [3.63, 3.8) is 0 Å². The van der Waals surface area contributed by atoms with Crippen molar-refractivity contribution in [3.05, 3.63) is 11.1 Å². The van der Waals surface area contributed by atoms with Crippen molar-refractivity contribution in [2.45, 2.75) is 57.2 Å². The van der Waals surface area contributed by atoms with Crippen molar-refractivity contribution in [1.82, 2.24) is 0 Å². The number of Topliss-reactive ketones (excluding diaryl/α,β-unsaturated/α-hetero) is 1. The predicted molar refractivity (Wildman–Crippen MR) is 63.2 cm³/mol. The lowest BCUT2D eigenvalue weighted by molar-refractivity contribution is -0.124. The van der Waals surface area contributed by atoms with Crippen molar-refractivity contribution in [3.8, 4) is 0 Å². The van der Waals surface area contributed by atoms with Gasteiger partial charge < -0.3 is 0 Å². The number of hydrogen-bond donors (Lipinski definition) is 0. The highest BCUT2D eigenvalue weighted by molar-refractivity contribution is 6.42. The number of halogens is 1. The van der Waals surface area contributed by atoms with E-state index in [0.29, 0.717) is 5.92 Å². The number of rotatable bonds is 0. The Morgan fingerprint density at radius 3 is 2.67 bits per heavy atom. The summed E-state index contributed by atoms with van der Waals surface area (Å²) in [6, 6.07) is 0. The Morgan fingerprint density at radius 2 is 1.93 bits per heavy atom. The molecule has 2 rings (SSSR count). The Morgan fingerprint density at radius 1 is 1.27 bits per heavy atom. The highest BCUT2D eigenvalue weighted by atomic mass is 35.5. The zero-order valence-electron chi connectivity index (χ0n) is 9.61. The first-order chi connectivity index (χ1) is 7.05. The number of fused-ring (bicyclic) bond motifs is 1. The van der Waals surface area contributed by atoms with Crippen LogP contribution in [-0.4, -0.2) is 10.7 Å². The molecule has 0 radical (unpaired) electrons. The van der Waals surface area contributed by atoms with Crippen LogP contribution in [0.4, 0.5) is 0 Å². The third-order valence-electron chi connectivity index (χ3n) is 3.95. The van der Waals surface area contributed by atoms with Crippen LogP contribution in [0.15, 0.2) is 11.1 Å². The number of carbonyl (C=O) groups excluding carboxylic acids is 1. The molecule has 0 amide bonds. The molecule has 0 saturated heterocycles. The third-order valence-corrected chi connectivity index (χ3v) is 4.38. The molecule has 2 heteroatoms. The van der Waals surface area contributed by atoms with E-state index < -0.39 is 4.87 Å². The van der Waals surface area contributed by atoms with Crippen LogP contribution in [0.25, 0.3) is 0 Å². The van der Waals surface area contributed by atoms with E-state index in [9.17, 15) is 4.79 Å². The fraction of sp³-hybridized carbons (Fsp3) is 0.769. The molecule has 2 atom stereocenters. The lowest BCUT2D eigenvalue weighted by Gasteiger charge is -2.44. The summed E-state index contributed by atoms with van der Waals surface area (Å²) in [7, 11) is 0. The Hall–Kier alpha value is -0.300. The molecule has 2 aliphatic rings. The first kappa shape index (κ1) is 11.2. The van der Waals surface area contributed by atoms with Gasteiger partial charge in [-0.2, -0.15) is 0 Å². The molecular formula is C13H19ClO. The van der Waals surface area contributed by atoms with Gasteiger partial charge in [0.2, 0.25) is 0 Å². The molecular weight excluding hydrogens is 208 g/mol. The van der Waals surface area contributed by atoms with Gasteiger partial charge in [-0.05, 0) is 33.1 Å². The standard InChI is InChI=1S/C13H19ClO/c1-9-7-5-3-4-6-8-10-11(9)12(15)13(10,2)14/h10H,3-8H2,1-2H3/b11-9+. The van der Waals surface area contributed by atoms with Crippen molar-refractivity contribution in [1.29, 1.82) is 0 Å². The normalized spacial score (nSPS) is 42.3. The van der Waals surface area contributed by atoms with Crippen LogP contribution in [0.5, 0.6) is 0 Å². The molecule has 0 heterocycles. The minimum absolute atomic E-state index is 0.188. The van der Waals surface area contributed by atoms with E-state index in [0.717, 1.165) is 18.4 Å². The van der Waals surface area contributed by atoms with Crippen LogP contribution in [0.1, 0.15) is 52.4 Å². The van der Waals surface area contributed by atoms with E-state index in [1.165, 1.54) is 31.3 Å². The molecule has 2 unspecified atom stereocenters. The Balaban J connectivity index is 2.27. The monoisotopic (exact) mass is 226 g/mol. The van der Waals surface area contributed by atoms with Crippen molar-refractivity contribution < 1.29 is 4.79 Å². The molecule has 1 saturated carbocycles. The summed E-state index contributed by atoms with van der Waals surface area (Å²) < 4.78 is 0. The Labute approximate surface area is 96.9 Å². The summed E-state index contributed by atoms with van der Waals surface area (Å²) >= 11 is 6.29. The van der Waals surface area contributed by atoms with Gasteiger partial charge in [0, 0.05) is 11.5 Å². The van der Waals surface area contributed by atoms with Crippen molar-refractivity contribution in [2.24, 2.45) is 5.92 Å². The largest absolute Gasteiger partial charge is 0.293 e. The molecule has 1 nitrogen and oxygen atoms in total. The second-order valence-corrected chi connectivity index (χ2v) is 5.89. The Bertz CT molecular complexity index is 314. The van der Waals surface area contributed by atoms with Gasteiger partial charge in [-0.1, -0.05) is 24.8 Å². The van der Waals surface area contributed by atoms with Crippen LogP contribution < -0.4 is 0 Å². The van der Waals surface area contributed by atoms with Gasteiger partial charge in [-0.25, -0.2) is 0 Å². The maximum atomic E-state index is 11.9. The smallest absolute Gasteiger partial charge is 0.180 e. The molecule has 0 spiro atoms. The van der Waals surface area contributed by atoms with Crippen molar-refractivity contribution in [2.75, 3.05) is 0 Å². The van der Waals surface area contributed by atoms with Crippen LogP contribution in [-0.2, 0) is 4.79 Å². The minimum Gasteiger partial charge on any atom is -0.293 e. The van der Waals surface area contributed by atoms with Gasteiger partial charge in [0.15, 0.2) is 5.78 Å². The van der Waals surface area contributed by atoms with E-state index in [4.69, 9.17) is 11.6 Å². The van der Waals surface area contributed by atoms with Gasteiger partial charge in [-0.15, -0.1) is 11.6 Å². The van der Waals surface area contributed by atoms with Gasteiger partial charge in [-0.3, -0.25) is 4.79 Å². The SMILES string of the molecule is C/C1=C2\C(=O)C(C)(Cl)C2CCCCCC1. The summed E-state index contributed by atoms with van der Waals surface area (Å²) in [6.07, 6.45) is 7.22. The topological polar surface area (TPSA) is 17.1 Å². The average Bonchev–Trinajstić information content (AvgIpc) is 2.27. The fourth-order valence-electron chi connectivity index (χ4n) is 2.91. The first-order valence-corrected chi connectivity index (χ1v) is 6.36. The van der Waals surface area contributed by atoms with Crippen LogP contribution in [0.2, 0.25) is 0 Å². The number of carbonyl (C=O) groups is 1. The molecule has 0 bridgehead atoms. The molecule has 15 heavy (non-hydrogen) atoms. The quantitative estimate of drug-likeness (QED) is 0.574. The van der Waals surface area contributed by atoms with Gasteiger partial charge in [0.05, 0.1) is 0 Å². The lowest BCUT2D eigenvalue weighted by Crippen LogP contribution is -2.52. The van der Waals surface area contributed by atoms with E-state index in [1.54, 1.807) is 0 Å². The molecule has 1 fully saturated rings. The fourth-order valence-corrected chi connectivity index (χ4v) is 3.23. The molecule has 84 valence electrons. The number of hydrogen-bond acceptors (Lipinski definition) is 1. The second kappa shape index (κ2) is 3.93. The zero-order valence-corrected chi connectivity index (χ0v) is 10.4. The van der Waals surface area contributed by atoms with Crippen molar-refractivity contribution >= 4 is 17.4 Å². The summed E-state index contributed by atoms with van der Waals surface area (Å²) in [6.45, 7) is 3.99. The summed E-state index contributed by atoms with van der Waals surface area (Å²) in [4.78, 5) is 11.3. The molecule has 2 aliphatic carbocycles. The summed E-state index contributed by atoms with van der Waals surface area (Å²) in [5.74, 6) is 0.512. The molecule has 0 aliphatic heterocycles. The predicted octanol–water partition coefficient (Wildman–Crippen LogP) is 3.85. The number of ketones is 1. The van der Waals surface area contributed by atoms with Gasteiger partial charge in [0.1, 0.15) is 4.87 Å². The van der Waals surface area contributed by atoms with Crippen LogP contribution >= 0.6 is 11.6 Å². The van der Waals surface area contributed by atoms with Crippen LogP contribution in [0.3, 0.4) is 0 Å². The molecule has 0 aromatic heterocycles. The van der Waals surface area contributed by atoms with E-state index in [2.05, 4.69) is 6.92 Å². The van der Waals surface area contributed by atoms with Gasteiger partial charge in [0.25, 0.3) is 0 Å². The second-order valence-electron chi connectivity index (χ2n) is 5.10. The van der Waals surface area contributed by atoms with Crippen LogP contribution in [0, 0.1) is 5.92 Å². The molecule has 0 aromatic carbocycles. The third kappa shape index (κ3) is 1.75. The van der Waals surface area contributed by atoms with E-state index in [1.807, 2.05) is 6.92 Å². The summed E-state index contributed by atoms with van der Waals surface area (Å²) in [5.41, 5.74) is 2.36. The number of alkyl halides is 1. The maximum absolute atomic E-state index is 11.9. The van der Waals surface area contributed by atoms with E-state index >= 15 is 0 Å². The average molecular weight is 227 g/mol. The zero-order chi connectivity index (χ0) is 11.1. The molecule has 0 N–H and O–H groups in total. The lowest BCUT2D eigenvalue weighted by atomic mass is 9.64. The molecule has 0 aromatic rings. The summed E-state index contributed by atoms with van der Waals surface area (Å²) in [5, 5.41) is 0. The minimum atomic E-state index is -0.596. The first-order valence-electron chi connectivity index (χ1n) is 5.98. The van der Waals surface area contributed by atoms with E-state index in [-0.39, 0.29) is 5.78 Å². The maximum Gasteiger partial charge on any atom is 0.180 e. The number of allylic oxidation sites excluding steroid dienone is 2. The Kier molecular flexibility index (Phi) is 2.94. The highest BCUT2D eigenvalue weighted by Gasteiger charge is 2.54. The van der Waals surface area contributed by atoms with Gasteiger partial charge >= 0.3 is 0 Å². The highest BCUT2D eigenvalue weighted by Crippen LogP contribution is 2.49.